The molecule has 24 heavy (non-hydrogen) atoms. The van der Waals surface area contributed by atoms with Gasteiger partial charge in [-0.05, 0) is 53.0 Å². The number of fused-ring (bicyclic) bond motifs is 1. The molecule has 124 valence electrons. The lowest BCUT2D eigenvalue weighted by Crippen LogP contribution is -2.20. The molecule has 2 aromatic carbocycles. The number of hydrogen-bond acceptors (Lipinski definition) is 4. The molecule has 1 aliphatic rings. The van der Waals surface area contributed by atoms with Gasteiger partial charge in [-0.2, -0.15) is 5.10 Å². The van der Waals surface area contributed by atoms with Crippen molar-refractivity contribution in [2.45, 2.75) is 20.3 Å². The van der Waals surface area contributed by atoms with Crippen LogP contribution in [0.15, 0.2) is 39.9 Å². The third kappa shape index (κ3) is 3.76. The summed E-state index contributed by atoms with van der Waals surface area (Å²) in [4.78, 5) is 12.0. The third-order valence-electron chi connectivity index (χ3n) is 3.73. The predicted molar refractivity (Wildman–Crippen MR) is 95.6 cm³/mol. The summed E-state index contributed by atoms with van der Waals surface area (Å²) in [7, 11) is 0. The molecule has 0 fully saturated rings. The maximum Gasteiger partial charge on any atom is 0.244 e. The molecule has 1 aliphatic heterocycles. The van der Waals surface area contributed by atoms with Gasteiger partial charge in [0.05, 0.1) is 12.6 Å². The summed E-state index contributed by atoms with van der Waals surface area (Å²) >= 11 is 3.45. The van der Waals surface area contributed by atoms with Crippen LogP contribution >= 0.6 is 15.9 Å². The number of ether oxygens (including phenoxy) is 2. The van der Waals surface area contributed by atoms with Gasteiger partial charge in [0.15, 0.2) is 11.5 Å². The van der Waals surface area contributed by atoms with Gasteiger partial charge in [0.1, 0.15) is 0 Å². The highest BCUT2D eigenvalue weighted by molar-refractivity contribution is 9.10. The molecular formula is C18H17BrN2O3. The second kappa shape index (κ2) is 7.05. The number of hydrogen-bond donors (Lipinski definition) is 1. The van der Waals surface area contributed by atoms with E-state index >= 15 is 0 Å². The molecule has 0 atom stereocenters. The first kappa shape index (κ1) is 16.5. The quantitative estimate of drug-likeness (QED) is 0.644. The summed E-state index contributed by atoms with van der Waals surface area (Å²) in [6.07, 6.45) is 1.87. The Balaban J connectivity index is 1.63. The largest absolute Gasteiger partial charge is 0.454 e. The number of nitrogens with one attached hydrogen (secondary N) is 1. The zero-order chi connectivity index (χ0) is 17.1. The van der Waals surface area contributed by atoms with E-state index < -0.39 is 0 Å². The second-order valence-corrected chi connectivity index (χ2v) is 6.48. The minimum Gasteiger partial charge on any atom is -0.454 e. The summed E-state index contributed by atoms with van der Waals surface area (Å²) < 4.78 is 11.4. The highest BCUT2D eigenvalue weighted by Crippen LogP contribution is 2.36. The van der Waals surface area contributed by atoms with Crippen LogP contribution in [0.3, 0.4) is 0 Å². The van der Waals surface area contributed by atoms with Crippen molar-refractivity contribution in [3.8, 4) is 11.5 Å². The van der Waals surface area contributed by atoms with E-state index in [1.807, 2.05) is 38.1 Å². The molecule has 1 heterocycles. The van der Waals surface area contributed by atoms with Crippen LogP contribution in [0.2, 0.25) is 0 Å². The van der Waals surface area contributed by atoms with Gasteiger partial charge in [-0.1, -0.05) is 23.8 Å². The van der Waals surface area contributed by atoms with Gasteiger partial charge in [0.25, 0.3) is 0 Å². The van der Waals surface area contributed by atoms with Crippen LogP contribution in [0.25, 0.3) is 0 Å². The van der Waals surface area contributed by atoms with E-state index in [0.29, 0.717) is 17.9 Å². The summed E-state index contributed by atoms with van der Waals surface area (Å²) in [5.41, 5.74) is 6.64. The molecule has 0 unspecified atom stereocenters. The molecular weight excluding hydrogens is 372 g/mol. The van der Waals surface area contributed by atoms with E-state index in [9.17, 15) is 4.79 Å². The number of hydrazone groups is 1. The van der Waals surface area contributed by atoms with E-state index in [4.69, 9.17) is 9.47 Å². The summed E-state index contributed by atoms with van der Waals surface area (Å²) in [6, 6.07) is 9.67. The second-order valence-electron chi connectivity index (χ2n) is 5.63. The molecule has 1 N–H and O–H groups in total. The highest BCUT2D eigenvalue weighted by Gasteiger charge is 2.15. The standard InChI is InChI=1S/C18H17BrN2O3/c1-11-3-4-13(12(2)5-11)7-18(22)21-20-9-14-6-16-17(8-15(14)19)24-10-23-16/h3-6,8-9H,7,10H2,1-2H3,(H,21,22)/b20-9-. The number of carbonyl (C=O) groups is 1. The van der Waals surface area contributed by atoms with Crippen LogP contribution in [0.4, 0.5) is 0 Å². The number of carbonyl (C=O) groups excluding carboxylic acids is 1. The van der Waals surface area contributed by atoms with Crippen LogP contribution in [-0.2, 0) is 11.2 Å². The van der Waals surface area contributed by atoms with Crippen molar-refractivity contribution < 1.29 is 14.3 Å². The molecule has 0 radical (unpaired) electrons. The van der Waals surface area contributed by atoms with E-state index in [0.717, 1.165) is 21.2 Å². The van der Waals surface area contributed by atoms with Crippen molar-refractivity contribution >= 4 is 28.1 Å². The van der Waals surface area contributed by atoms with Crippen molar-refractivity contribution in [2.75, 3.05) is 6.79 Å². The fourth-order valence-electron chi connectivity index (χ4n) is 2.46. The zero-order valence-corrected chi connectivity index (χ0v) is 15.0. The zero-order valence-electron chi connectivity index (χ0n) is 13.4. The van der Waals surface area contributed by atoms with Crippen molar-refractivity contribution in [3.63, 3.8) is 0 Å². The first-order valence-electron chi connectivity index (χ1n) is 7.50. The topological polar surface area (TPSA) is 59.9 Å². The first-order valence-corrected chi connectivity index (χ1v) is 8.29. The smallest absolute Gasteiger partial charge is 0.244 e. The minimum absolute atomic E-state index is 0.157. The van der Waals surface area contributed by atoms with Crippen LogP contribution < -0.4 is 14.9 Å². The average molecular weight is 389 g/mol. The number of benzene rings is 2. The van der Waals surface area contributed by atoms with Crippen molar-refractivity contribution in [3.05, 3.63) is 57.1 Å². The lowest BCUT2D eigenvalue weighted by molar-refractivity contribution is -0.120. The van der Waals surface area contributed by atoms with Crippen LogP contribution in [0, 0.1) is 13.8 Å². The Bertz CT molecular complexity index is 818. The summed E-state index contributed by atoms with van der Waals surface area (Å²) in [5.74, 6) is 1.20. The molecule has 0 saturated heterocycles. The normalized spacial score (nSPS) is 12.6. The monoisotopic (exact) mass is 388 g/mol. The Morgan fingerprint density at radius 3 is 2.75 bits per heavy atom. The van der Waals surface area contributed by atoms with Gasteiger partial charge >= 0.3 is 0 Å². The fraction of sp³-hybridized carbons (Fsp3) is 0.222. The predicted octanol–water partition coefficient (Wildman–Crippen LogP) is 3.49. The molecule has 5 nitrogen and oxygen atoms in total. The minimum atomic E-state index is -0.157. The van der Waals surface area contributed by atoms with Gasteiger partial charge in [0.2, 0.25) is 12.7 Å². The Labute approximate surface area is 148 Å². The Morgan fingerprint density at radius 1 is 1.25 bits per heavy atom. The molecule has 0 spiro atoms. The maximum absolute atomic E-state index is 12.0. The Hall–Kier alpha value is -2.34. The number of nitrogens with zero attached hydrogens (tertiary/aromatic N) is 1. The maximum atomic E-state index is 12.0. The summed E-state index contributed by atoms with van der Waals surface area (Å²) in [6.45, 7) is 4.25. The van der Waals surface area contributed by atoms with Gasteiger partial charge < -0.3 is 9.47 Å². The van der Waals surface area contributed by atoms with Gasteiger partial charge in [-0.15, -0.1) is 0 Å². The average Bonchev–Trinajstić information content (AvgIpc) is 2.97. The lowest BCUT2D eigenvalue weighted by atomic mass is 10.0. The van der Waals surface area contributed by atoms with Crippen LogP contribution in [0.1, 0.15) is 22.3 Å². The molecule has 3 rings (SSSR count). The Morgan fingerprint density at radius 2 is 2.00 bits per heavy atom. The number of rotatable bonds is 4. The Kier molecular flexibility index (Phi) is 4.85. The SMILES string of the molecule is Cc1ccc(CC(=O)N/N=C\c2cc3c(cc2Br)OCO3)c(C)c1. The molecule has 0 aliphatic carbocycles. The third-order valence-corrected chi connectivity index (χ3v) is 4.42. The molecule has 0 saturated carbocycles. The molecule has 0 bridgehead atoms. The van der Waals surface area contributed by atoms with Crippen molar-refractivity contribution in [1.29, 1.82) is 0 Å². The molecule has 6 heteroatoms. The van der Waals surface area contributed by atoms with Crippen LogP contribution in [0.5, 0.6) is 11.5 Å². The van der Waals surface area contributed by atoms with Crippen LogP contribution in [-0.4, -0.2) is 18.9 Å². The van der Waals surface area contributed by atoms with E-state index in [-0.39, 0.29) is 12.7 Å². The molecule has 1 amide bonds. The molecule has 2 aromatic rings. The number of aryl methyl sites for hydroxylation is 2. The van der Waals surface area contributed by atoms with Gasteiger partial charge in [-0.25, -0.2) is 5.43 Å². The van der Waals surface area contributed by atoms with Gasteiger partial charge in [-0.3, -0.25) is 4.79 Å². The highest BCUT2D eigenvalue weighted by atomic mass is 79.9. The van der Waals surface area contributed by atoms with E-state index in [1.54, 1.807) is 6.21 Å². The first-order chi connectivity index (χ1) is 11.5. The lowest BCUT2D eigenvalue weighted by Gasteiger charge is -2.06. The van der Waals surface area contributed by atoms with E-state index in [1.165, 1.54) is 5.56 Å². The van der Waals surface area contributed by atoms with Crippen molar-refractivity contribution in [2.24, 2.45) is 5.10 Å². The fourth-order valence-corrected chi connectivity index (χ4v) is 2.89. The summed E-state index contributed by atoms with van der Waals surface area (Å²) in [5, 5.41) is 4.02. The number of halogens is 1. The van der Waals surface area contributed by atoms with Gasteiger partial charge in [0, 0.05) is 10.0 Å². The number of amides is 1. The van der Waals surface area contributed by atoms with Crippen molar-refractivity contribution in [1.82, 2.24) is 5.43 Å². The van der Waals surface area contributed by atoms with E-state index in [2.05, 4.69) is 32.5 Å². The molecule has 0 aromatic heterocycles.